The van der Waals surface area contributed by atoms with E-state index in [9.17, 15) is 13.2 Å². The van der Waals surface area contributed by atoms with Crippen LogP contribution in [0.15, 0.2) is 29.2 Å². The lowest BCUT2D eigenvalue weighted by Crippen LogP contribution is -2.49. The van der Waals surface area contributed by atoms with Gasteiger partial charge < -0.3 is 5.11 Å². The number of aryl methyl sites for hydroxylation is 1. The Balaban J connectivity index is 2.05. The normalized spacial score (nSPS) is 17.8. The van der Waals surface area contributed by atoms with Gasteiger partial charge in [-0.1, -0.05) is 19.1 Å². The van der Waals surface area contributed by atoms with E-state index in [1.54, 1.807) is 17.0 Å². The Labute approximate surface area is 125 Å². The van der Waals surface area contributed by atoms with E-state index in [4.69, 9.17) is 5.11 Å². The van der Waals surface area contributed by atoms with Crippen LogP contribution in [0.1, 0.15) is 12.5 Å². The van der Waals surface area contributed by atoms with Crippen molar-refractivity contribution in [2.75, 3.05) is 32.7 Å². The molecule has 1 heterocycles. The third-order valence-corrected chi connectivity index (χ3v) is 5.57. The van der Waals surface area contributed by atoms with Crippen LogP contribution in [-0.4, -0.2) is 61.4 Å². The predicted molar refractivity (Wildman–Crippen MR) is 78.7 cm³/mol. The molecule has 7 heteroatoms. The van der Waals surface area contributed by atoms with Gasteiger partial charge in [0.1, 0.15) is 0 Å². The van der Waals surface area contributed by atoms with E-state index >= 15 is 0 Å². The number of carboxylic acid groups (broad SMARTS) is 1. The molecule has 0 bridgehead atoms. The molecule has 1 aromatic rings. The minimum absolute atomic E-state index is 0.0426. The van der Waals surface area contributed by atoms with E-state index in [1.165, 1.54) is 4.31 Å². The molecular weight excluding hydrogens is 292 g/mol. The van der Waals surface area contributed by atoms with Gasteiger partial charge in [0.05, 0.1) is 11.4 Å². The summed E-state index contributed by atoms with van der Waals surface area (Å²) >= 11 is 0. The van der Waals surface area contributed by atoms with Gasteiger partial charge in [0.15, 0.2) is 0 Å². The number of carbonyl (C=O) groups is 1. The summed E-state index contributed by atoms with van der Waals surface area (Å²) in [4.78, 5) is 12.7. The van der Waals surface area contributed by atoms with Crippen molar-refractivity contribution in [3.05, 3.63) is 29.8 Å². The fourth-order valence-electron chi connectivity index (χ4n) is 2.37. The fourth-order valence-corrected chi connectivity index (χ4v) is 3.79. The number of nitrogens with zero attached hydrogens (tertiary/aromatic N) is 2. The third-order valence-electron chi connectivity index (χ3n) is 3.66. The molecule has 0 unspecified atom stereocenters. The zero-order chi connectivity index (χ0) is 15.5. The number of hydrogen-bond donors (Lipinski definition) is 1. The zero-order valence-electron chi connectivity index (χ0n) is 12.0. The molecule has 6 nitrogen and oxygen atoms in total. The van der Waals surface area contributed by atoms with Crippen LogP contribution in [0.5, 0.6) is 0 Å². The Morgan fingerprint density at radius 2 is 1.71 bits per heavy atom. The highest BCUT2D eigenvalue weighted by Gasteiger charge is 2.28. The Kier molecular flexibility index (Phi) is 4.97. The number of sulfonamides is 1. The molecule has 0 spiro atoms. The summed E-state index contributed by atoms with van der Waals surface area (Å²) in [7, 11) is -3.48. The zero-order valence-corrected chi connectivity index (χ0v) is 12.8. The highest BCUT2D eigenvalue weighted by atomic mass is 32.2. The first-order valence-electron chi connectivity index (χ1n) is 6.96. The van der Waals surface area contributed by atoms with Gasteiger partial charge in [-0.2, -0.15) is 4.31 Å². The maximum Gasteiger partial charge on any atom is 0.317 e. The lowest BCUT2D eigenvalue weighted by Gasteiger charge is -2.33. The number of piperazine rings is 1. The number of rotatable bonds is 5. The van der Waals surface area contributed by atoms with Gasteiger partial charge in [0, 0.05) is 26.2 Å². The second kappa shape index (κ2) is 6.55. The number of hydrogen-bond acceptors (Lipinski definition) is 4. The summed E-state index contributed by atoms with van der Waals surface area (Å²) in [5.41, 5.74) is 1.10. The summed E-state index contributed by atoms with van der Waals surface area (Å²) < 4.78 is 26.4. The minimum Gasteiger partial charge on any atom is -0.480 e. The molecule has 1 aliphatic rings. The van der Waals surface area contributed by atoms with Crippen LogP contribution < -0.4 is 0 Å². The molecule has 0 saturated carbocycles. The van der Waals surface area contributed by atoms with Crippen LogP contribution >= 0.6 is 0 Å². The molecule has 0 aliphatic carbocycles. The molecule has 1 fully saturated rings. The topological polar surface area (TPSA) is 77.9 Å². The molecule has 2 rings (SSSR count). The average molecular weight is 312 g/mol. The molecule has 1 saturated heterocycles. The molecule has 21 heavy (non-hydrogen) atoms. The summed E-state index contributed by atoms with van der Waals surface area (Å²) in [6.07, 6.45) is 0.869. The number of benzene rings is 1. The van der Waals surface area contributed by atoms with Crippen molar-refractivity contribution >= 4 is 16.0 Å². The van der Waals surface area contributed by atoms with E-state index in [0.717, 1.165) is 12.0 Å². The van der Waals surface area contributed by atoms with E-state index in [-0.39, 0.29) is 6.54 Å². The van der Waals surface area contributed by atoms with Crippen LogP contribution in [0.25, 0.3) is 0 Å². The molecule has 0 amide bonds. The number of aliphatic carboxylic acids is 1. The van der Waals surface area contributed by atoms with Gasteiger partial charge in [-0.3, -0.25) is 9.69 Å². The molecule has 0 radical (unpaired) electrons. The monoisotopic (exact) mass is 312 g/mol. The van der Waals surface area contributed by atoms with Crippen molar-refractivity contribution < 1.29 is 18.3 Å². The lowest BCUT2D eigenvalue weighted by atomic mass is 10.2. The van der Waals surface area contributed by atoms with Crippen LogP contribution in [0, 0.1) is 0 Å². The van der Waals surface area contributed by atoms with Crippen LogP contribution in [0.4, 0.5) is 0 Å². The summed E-state index contributed by atoms with van der Waals surface area (Å²) in [6, 6.07) is 6.93. The molecule has 1 aliphatic heterocycles. The highest BCUT2D eigenvalue weighted by molar-refractivity contribution is 7.89. The van der Waals surface area contributed by atoms with Crippen LogP contribution in [-0.2, 0) is 21.2 Å². The van der Waals surface area contributed by atoms with Crippen molar-refractivity contribution in [3.8, 4) is 0 Å². The van der Waals surface area contributed by atoms with Gasteiger partial charge in [0.2, 0.25) is 10.0 Å². The second-order valence-corrected chi connectivity index (χ2v) is 7.01. The van der Waals surface area contributed by atoms with Crippen molar-refractivity contribution in [1.82, 2.24) is 9.21 Å². The first-order chi connectivity index (χ1) is 9.93. The maximum atomic E-state index is 12.5. The van der Waals surface area contributed by atoms with Crippen molar-refractivity contribution in [3.63, 3.8) is 0 Å². The summed E-state index contributed by atoms with van der Waals surface area (Å²) in [5.74, 6) is -0.888. The molecule has 0 aromatic heterocycles. The first kappa shape index (κ1) is 15.9. The smallest absolute Gasteiger partial charge is 0.317 e. The van der Waals surface area contributed by atoms with E-state index in [2.05, 4.69) is 0 Å². The molecular formula is C14H20N2O4S. The van der Waals surface area contributed by atoms with Gasteiger partial charge in [0.25, 0.3) is 0 Å². The summed E-state index contributed by atoms with van der Waals surface area (Å²) in [5, 5.41) is 8.75. The molecule has 1 N–H and O–H groups in total. The van der Waals surface area contributed by atoms with Crippen molar-refractivity contribution in [2.24, 2.45) is 0 Å². The fraction of sp³-hybridized carbons (Fsp3) is 0.500. The Morgan fingerprint density at radius 1 is 1.14 bits per heavy atom. The quantitative estimate of drug-likeness (QED) is 0.863. The standard InChI is InChI=1S/C14H20N2O4S/c1-2-12-3-5-13(6-4-12)21(19,20)16-9-7-15(8-10-16)11-14(17)18/h3-6H,2,7-11H2,1H3,(H,17,18). The summed E-state index contributed by atoms with van der Waals surface area (Å²) in [6.45, 7) is 3.51. The van der Waals surface area contributed by atoms with E-state index in [1.807, 2.05) is 19.1 Å². The van der Waals surface area contributed by atoms with Gasteiger partial charge in [-0.15, -0.1) is 0 Å². The van der Waals surface area contributed by atoms with Crippen LogP contribution in [0.2, 0.25) is 0 Å². The van der Waals surface area contributed by atoms with Gasteiger partial charge >= 0.3 is 5.97 Å². The third kappa shape index (κ3) is 3.81. The average Bonchev–Trinajstić information content (AvgIpc) is 2.47. The first-order valence-corrected chi connectivity index (χ1v) is 8.40. The van der Waals surface area contributed by atoms with Crippen molar-refractivity contribution in [2.45, 2.75) is 18.2 Å². The largest absolute Gasteiger partial charge is 0.480 e. The number of carboxylic acids is 1. The SMILES string of the molecule is CCc1ccc(S(=O)(=O)N2CCN(CC(=O)O)CC2)cc1. The van der Waals surface area contributed by atoms with Crippen molar-refractivity contribution in [1.29, 1.82) is 0 Å². The lowest BCUT2D eigenvalue weighted by molar-refractivity contribution is -0.138. The molecule has 0 atom stereocenters. The molecule has 1 aromatic carbocycles. The van der Waals surface area contributed by atoms with Crippen LogP contribution in [0.3, 0.4) is 0 Å². The minimum atomic E-state index is -3.48. The van der Waals surface area contributed by atoms with Gasteiger partial charge in [-0.05, 0) is 24.1 Å². The Morgan fingerprint density at radius 3 is 2.19 bits per heavy atom. The Hall–Kier alpha value is -1.44. The van der Waals surface area contributed by atoms with Gasteiger partial charge in [-0.25, -0.2) is 8.42 Å². The Bertz CT molecular complexity index is 590. The second-order valence-electron chi connectivity index (χ2n) is 5.07. The predicted octanol–water partition coefficient (Wildman–Crippen LogP) is 0.640. The maximum absolute atomic E-state index is 12.5. The molecule has 116 valence electrons. The highest BCUT2D eigenvalue weighted by Crippen LogP contribution is 2.18. The van der Waals surface area contributed by atoms with E-state index < -0.39 is 16.0 Å². The van der Waals surface area contributed by atoms with E-state index in [0.29, 0.717) is 31.1 Å².